The average Bonchev–Trinajstić information content (AvgIpc) is 3.43. The van der Waals surface area contributed by atoms with Crippen LogP contribution >= 0.6 is 11.3 Å². The third kappa shape index (κ3) is 4.24. The van der Waals surface area contributed by atoms with Gasteiger partial charge in [0.2, 0.25) is 0 Å². The number of nitrogens with one attached hydrogen (secondary N) is 1. The van der Waals surface area contributed by atoms with Crippen molar-refractivity contribution in [2.45, 2.75) is 31.8 Å². The van der Waals surface area contributed by atoms with Gasteiger partial charge in [0.25, 0.3) is 5.91 Å². The molecule has 1 aromatic heterocycles. The Balaban J connectivity index is 1.75. The van der Waals surface area contributed by atoms with Crippen molar-refractivity contribution in [3.63, 3.8) is 0 Å². The topological polar surface area (TPSA) is 84.9 Å². The molecule has 1 amide bonds. The molecule has 2 aliphatic rings. The molecule has 2 heterocycles. The van der Waals surface area contributed by atoms with Crippen molar-refractivity contribution in [3.8, 4) is 0 Å². The summed E-state index contributed by atoms with van der Waals surface area (Å²) in [6.07, 6.45) is 3.78. The van der Waals surface area contributed by atoms with Crippen LogP contribution < -0.4 is 10.2 Å². The highest BCUT2D eigenvalue weighted by molar-refractivity contribution is 7.18. The first-order valence-electron chi connectivity index (χ1n) is 8.84. The summed E-state index contributed by atoms with van der Waals surface area (Å²) in [5.41, 5.74) is 0.426. The third-order valence-corrected chi connectivity index (χ3v) is 6.04. The Morgan fingerprint density at radius 3 is 2.46 bits per heavy atom. The Morgan fingerprint density at radius 1 is 1.19 bits per heavy atom. The van der Waals surface area contributed by atoms with E-state index in [1.807, 2.05) is 0 Å². The van der Waals surface area contributed by atoms with Gasteiger partial charge in [-0.25, -0.2) is 4.79 Å². The molecule has 1 aromatic rings. The standard InChI is InChI=1S/C18H24N2O5S/c1-24-12-5-7-20(8-6-12)17-13(9-15(26-17)18(23)25-2)16(22)19-10-14(21)11-3-4-11/h9,11-12H,3-8,10H2,1-2H3,(H,19,22). The molecule has 8 heteroatoms. The molecule has 0 unspecified atom stereocenters. The fraction of sp³-hybridized carbons (Fsp3) is 0.611. The second kappa shape index (κ2) is 8.18. The van der Waals surface area contributed by atoms with E-state index in [9.17, 15) is 14.4 Å². The molecule has 0 atom stereocenters. The van der Waals surface area contributed by atoms with E-state index < -0.39 is 5.97 Å². The van der Waals surface area contributed by atoms with Gasteiger partial charge in [0.15, 0.2) is 5.78 Å². The summed E-state index contributed by atoms with van der Waals surface area (Å²) in [4.78, 5) is 38.9. The van der Waals surface area contributed by atoms with Gasteiger partial charge in [-0.3, -0.25) is 9.59 Å². The first-order chi connectivity index (χ1) is 12.5. The number of hydrogen-bond donors (Lipinski definition) is 1. The second-order valence-corrected chi connectivity index (χ2v) is 7.70. The van der Waals surface area contributed by atoms with Gasteiger partial charge in [0, 0.05) is 26.1 Å². The first kappa shape index (κ1) is 18.8. The zero-order valence-corrected chi connectivity index (χ0v) is 15.9. The largest absolute Gasteiger partial charge is 0.465 e. The van der Waals surface area contributed by atoms with Crippen molar-refractivity contribution < 1.29 is 23.9 Å². The number of ketones is 1. The van der Waals surface area contributed by atoms with Gasteiger partial charge in [0.1, 0.15) is 9.88 Å². The van der Waals surface area contributed by atoms with Gasteiger partial charge in [-0.1, -0.05) is 0 Å². The van der Waals surface area contributed by atoms with Crippen LogP contribution in [-0.2, 0) is 14.3 Å². The van der Waals surface area contributed by atoms with E-state index in [0.29, 0.717) is 10.4 Å². The highest BCUT2D eigenvalue weighted by Crippen LogP contribution is 2.34. The van der Waals surface area contributed by atoms with Crippen LogP contribution in [0.1, 0.15) is 45.7 Å². The fourth-order valence-electron chi connectivity index (χ4n) is 3.09. The number of anilines is 1. The van der Waals surface area contributed by atoms with E-state index in [2.05, 4.69) is 10.2 Å². The molecule has 3 rings (SSSR count). The van der Waals surface area contributed by atoms with Gasteiger partial charge < -0.3 is 19.7 Å². The molecule has 1 saturated heterocycles. The summed E-state index contributed by atoms with van der Waals surface area (Å²) in [5.74, 6) is -0.606. The molecule has 26 heavy (non-hydrogen) atoms. The van der Waals surface area contributed by atoms with Gasteiger partial charge in [0.05, 0.1) is 25.3 Å². The van der Waals surface area contributed by atoms with Crippen molar-refractivity contribution in [2.75, 3.05) is 38.8 Å². The number of ether oxygens (including phenoxy) is 2. The number of carbonyl (C=O) groups is 3. The molecule has 1 N–H and O–H groups in total. The van der Waals surface area contributed by atoms with Crippen LogP contribution in [0.5, 0.6) is 0 Å². The van der Waals surface area contributed by atoms with E-state index >= 15 is 0 Å². The zero-order valence-electron chi connectivity index (χ0n) is 15.1. The van der Waals surface area contributed by atoms with Crippen molar-refractivity contribution in [3.05, 3.63) is 16.5 Å². The minimum absolute atomic E-state index is 0.0398. The quantitative estimate of drug-likeness (QED) is 0.727. The zero-order chi connectivity index (χ0) is 18.7. The number of thiophene rings is 1. The molecule has 0 bridgehead atoms. The van der Waals surface area contributed by atoms with E-state index in [-0.39, 0.29) is 30.3 Å². The summed E-state index contributed by atoms with van der Waals surface area (Å²) in [7, 11) is 3.02. The maximum Gasteiger partial charge on any atom is 0.348 e. The minimum Gasteiger partial charge on any atom is -0.465 e. The molecule has 142 valence electrons. The Morgan fingerprint density at radius 2 is 1.88 bits per heavy atom. The number of piperidine rings is 1. The lowest BCUT2D eigenvalue weighted by molar-refractivity contribution is -0.119. The van der Waals surface area contributed by atoms with Crippen LogP contribution in [0, 0.1) is 5.92 Å². The summed E-state index contributed by atoms with van der Waals surface area (Å²) < 4.78 is 10.2. The Bertz CT molecular complexity index is 690. The van der Waals surface area contributed by atoms with Crippen molar-refractivity contribution in [1.29, 1.82) is 0 Å². The number of methoxy groups -OCH3 is 2. The second-order valence-electron chi connectivity index (χ2n) is 6.67. The fourth-order valence-corrected chi connectivity index (χ4v) is 4.21. The highest BCUT2D eigenvalue weighted by Gasteiger charge is 2.31. The van der Waals surface area contributed by atoms with Gasteiger partial charge in [-0.05, 0) is 31.7 Å². The lowest BCUT2D eigenvalue weighted by Gasteiger charge is -2.32. The molecule has 7 nitrogen and oxygen atoms in total. The van der Waals surface area contributed by atoms with E-state index in [1.165, 1.54) is 18.4 Å². The molecule has 1 saturated carbocycles. The predicted molar refractivity (Wildman–Crippen MR) is 98.0 cm³/mol. The van der Waals surface area contributed by atoms with Crippen LogP contribution in [0.3, 0.4) is 0 Å². The predicted octanol–water partition coefficient (Wildman–Crippen LogP) is 1.86. The average molecular weight is 380 g/mol. The monoisotopic (exact) mass is 380 g/mol. The van der Waals surface area contributed by atoms with Crippen LogP contribution in [0.4, 0.5) is 5.00 Å². The number of carbonyl (C=O) groups excluding carboxylic acids is 3. The molecule has 1 aliphatic carbocycles. The molecule has 0 radical (unpaired) electrons. The number of Topliss-reactive ketones (excluding diaryl/α,β-unsaturated/α-hetero) is 1. The number of esters is 1. The van der Waals surface area contributed by atoms with E-state index in [0.717, 1.165) is 43.8 Å². The van der Waals surface area contributed by atoms with Crippen LogP contribution in [0.25, 0.3) is 0 Å². The molecule has 2 fully saturated rings. The number of rotatable bonds is 7. The van der Waals surface area contributed by atoms with Crippen LogP contribution in [0.15, 0.2) is 6.07 Å². The third-order valence-electron chi connectivity index (χ3n) is 4.86. The van der Waals surface area contributed by atoms with E-state index in [4.69, 9.17) is 9.47 Å². The normalized spacial score (nSPS) is 17.8. The van der Waals surface area contributed by atoms with Crippen LogP contribution in [0.2, 0.25) is 0 Å². The minimum atomic E-state index is -0.462. The van der Waals surface area contributed by atoms with Gasteiger partial charge in [-0.15, -0.1) is 11.3 Å². The maximum atomic E-state index is 12.6. The lowest BCUT2D eigenvalue weighted by atomic mass is 10.1. The summed E-state index contributed by atoms with van der Waals surface area (Å²) in [5, 5.41) is 3.45. The summed E-state index contributed by atoms with van der Waals surface area (Å²) >= 11 is 1.25. The number of amides is 1. The molecule has 1 aliphatic heterocycles. The lowest BCUT2D eigenvalue weighted by Crippen LogP contribution is -2.37. The number of hydrogen-bond acceptors (Lipinski definition) is 7. The molecular formula is C18H24N2O5S. The Labute approximate surface area is 156 Å². The van der Waals surface area contributed by atoms with E-state index in [1.54, 1.807) is 13.2 Å². The number of nitrogens with zero attached hydrogens (tertiary/aromatic N) is 1. The van der Waals surface area contributed by atoms with Gasteiger partial charge >= 0.3 is 5.97 Å². The van der Waals surface area contributed by atoms with Gasteiger partial charge in [-0.2, -0.15) is 0 Å². The Hall–Kier alpha value is -1.93. The Kier molecular flexibility index (Phi) is 5.93. The maximum absolute atomic E-state index is 12.6. The van der Waals surface area contributed by atoms with Crippen molar-refractivity contribution >= 4 is 34.0 Å². The summed E-state index contributed by atoms with van der Waals surface area (Å²) in [6, 6.07) is 1.56. The molecule has 0 spiro atoms. The van der Waals surface area contributed by atoms with Crippen LogP contribution in [-0.4, -0.2) is 57.6 Å². The SMILES string of the molecule is COC(=O)c1cc(C(=O)NCC(=O)C2CC2)c(N2CCC(OC)CC2)s1. The summed E-state index contributed by atoms with van der Waals surface area (Å²) in [6.45, 7) is 1.54. The molecule has 0 aromatic carbocycles. The van der Waals surface area contributed by atoms with Crippen molar-refractivity contribution in [1.82, 2.24) is 5.32 Å². The molecular weight excluding hydrogens is 356 g/mol. The highest BCUT2D eigenvalue weighted by atomic mass is 32.1. The first-order valence-corrected chi connectivity index (χ1v) is 9.66. The smallest absolute Gasteiger partial charge is 0.348 e. The van der Waals surface area contributed by atoms with Crippen molar-refractivity contribution in [2.24, 2.45) is 5.92 Å².